The van der Waals surface area contributed by atoms with Crippen LogP contribution in [0.2, 0.25) is 0 Å². The first kappa shape index (κ1) is 19.7. The number of aliphatic imine (C=N–C) groups is 1. The van der Waals surface area contributed by atoms with Crippen LogP contribution in [0.15, 0.2) is 41.7 Å². The predicted octanol–water partition coefficient (Wildman–Crippen LogP) is 3.99. The first-order valence-corrected chi connectivity index (χ1v) is 10.6. The fraction of sp³-hybridized carbons (Fsp3) is 0.409. The second kappa shape index (κ2) is 7.81. The molecule has 1 atom stereocenters. The standard InChI is InChI=1S/C22H25FN6O2/c1-14(16-12-15(23)6-7-18(16)30-2)25-19-8-11-29-21(26-19)17(13-24-29)20-27-22(31-28-20)9-4-3-5-10-22/h6-8,11-14H,3-5,9-10H2,1-2H3,(H,25,26)(H,27,28)/t14-/m1/s1. The lowest BCUT2D eigenvalue weighted by atomic mass is 9.92. The molecule has 0 radical (unpaired) electrons. The van der Waals surface area contributed by atoms with E-state index >= 15 is 0 Å². The number of halogens is 1. The molecule has 31 heavy (non-hydrogen) atoms. The van der Waals surface area contributed by atoms with Gasteiger partial charge in [-0.2, -0.15) is 5.10 Å². The van der Waals surface area contributed by atoms with Crippen molar-refractivity contribution in [2.24, 2.45) is 4.99 Å². The Morgan fingerprint density at radius 3 is 2.90 bits per heavy atom. The number of amidine groups is 1. The van der Waals surface area contributed by atoms with Crippen LogP contribution >= 0.6 is 0 Å². The summed E-state index contributed by atoms with van der Waals surface area (Å²) in [5.41, 5.74) is 4.68. The van der Waals surface area contributed by atoms with E-state index in [1.807, 2.05) is 19.2 Å². The summed E-state index contributed by atoms with van der Waals surface area (Å²) < 4.78 is 20.9. The van der Waals surface area contributed by atoms with Gasteiger partial charge in [-0.25, -0.2) is 29.2 Å². The second-order valence-electron chi connectivity index (χ2n) is 8.06. The molecule has 5 rings (SSSR count). The highest BCUT2D eigenvalue weighted by atomic mass is 19.1. The number of fused-ring (bicyclic) bond motifs is 1. The minimum Gasteiger partial charge on any atom is -0.496 e. The Morgan fingerprint density at radius 2 is 2.10 bits per heavy atom. The van der Waals surface area contributed by atoms with Crippen LogP contribution in [-0.4, -0.2) is 33.3 Å². The van der Waals surface area contributed by atoms with Gasteiger partial charge in [-0.15, -0.1) is 0 Å². The SMILES string of the molecule is COc1ccc(F)cc1[C@@H](C)Nc1ccn2ncc(C3=NC4(CCCCC4)ON3)c2n1. The summed E-state index contributed by atoms with van der Waals surface area (Å²) in [4.78, 5) is 15.5. The first-order valence-electron chi connectivity index (χ1n) is 10.6. The molecule has 162 valence electrons. The molecule has 2 N–H and O–H groups in total. The van der Waals surface area contributed by atoms with Crippen LogP contribution in [0.25, 0.3) is 5.65 Å². The number of nitrogens with one attached hydrogen (secondary N) is 2. The number of ether oxygens (including phenoxy) is 1. The largest absolute Gasteiger partial charge is 0.496 e. The number of nitrogens with zero attached hydrogens (tertiary/aromatic N) is 4. The molecule has 1 fully saturated rings. The lowest BCUT2D eigenvalue weighted by Crippen LogP contribution is -2.32. The molecular formula is C22H25FN6O2. The van der Waals surface area contributed by atoms with E-state index in [-0.39, 0.29) is 11.9 Å². The van der Waals surface area contributed by atoms with Gasteiger partial charge in [-0.1, -0.05) is 6.42 Å². The number of hydrogen-bond donors (Lipinski definition) is 2. The second-order valence-corrected chi connectivity index (χ2v) is 8.06. The maximum atomic E-state index is 13.8. The summed E-state index contributed by atoms with van der Waals surface area (Å²) in [5, 5.41) is 7.72. The van der Waals surface area contributed by atoms with Gasteiger partial charge in [-0.05, 0) is 56.9 Å². The van der Waals surface area contributed by atoms with Crippen molar-refractivity contribution in [1.29, 1.82) is 0 Å². The lowest BCUT2D eigenvalue weighted by molar-refractivity contribution is -0.0763. The third-order valence-corrected chi connectivity index (χ3v) is 5.93. The number of hydrogen-bond acceptors (Lipinski definition) is 7. The highest BCUT2D eigenvalue weighted by molar-refractivity contribution is 6.04. The summed E-state index contributed by atoms with van der Waals surface area (Å²) >= 11 is 0. The average Bonchev–Trinajstić information content (AvgIpc) is 3.38. The van der Waals surface area contributed by atoms with E-state index < -0.39 is 5.72 Å². The summed E-state index contributed by atoms with van der Waals surface area (Å²) in [6.45, 7) is 1.93. The van der Waals surface area contributed by atoms with Gasteiger partial charge in [0.05, 0.1) is 24.9 Å². The minimum atomic E-state index is -0.472. The van der Waals surface area contributed by atoms with Crippen molar-refractivity contribution in [1.82, 2.24) is 20.1 Å². The van der Waals surface area contributed by atoms with Crippen LogP contribution in [0, 0.1) is 5.82 Å². The Hall–Kier alpha value is -3.20. The van der Waals surface area contributed by atoms with Gasteiger partial charge in [0.25, 0.3) is 0 Å². The molecule has 2 aromatic heterocycles. The number of rotatable bonds is 5. The number of benzene rings is 1. The maximum Gasteiger partial charge on any atom is 0.187 e. The van der Waals surface area contributed by atoms with Crippen molar-refractivity contribution in [2.45, 2.75) is 50.8 Å². The molecule has 0 unspecified atom stereocenters. The topological polar surface area (TPSA) is 85.1 Å². The van der Waals surface area contributed by atoms with E-state index in [1.165, 1.54) is 18.6 Å². The Bertz CT molecular complexity index is 1140. The summed E-state index contributed by atoms with van der Waals surface area (Å²) in [7, 11) is 1.57. The highest BCUT2D eigenvalue weighted by Gasteiger charge is 2.39. The molecule has 3 aromatic rings. The van der Waals surface area contributed by atoms with E-state index in [2.05, 4.69) is 15.9 Å². The quantitative estimate of drug-likeness (QED) is 0.644. The van der Waals surface area contributed by atoms with E-state index in [0.29, 0.717) is 28.6 Å². The molecule has 1 aromatic carbocycles. The molecule has 8 nitrogen and oxygen atoms in total. The third kappa shape index (κ3) is 3.69. The zero-order valence-corrected chi connectivity index (χ0v) is 17.6. The molecule has 0 saturated heterocycles. The van der Waals surface area contributed by atoms with Crippen LogP contribution < -0.4 is 15.5 Å². The number of anilines is 1. The van der Waals surface area contributed by atoms with Crippen molar-refractivity contribution >= 4 is 17.3 Å². The number of methoxy groups -OCH3 is 1. The number of aromatic nitrogens is 3. The predicted molar refractivity (Wildman–Crippen MR) is 115 cm³/mol. The summed E-state index contributed by atoms with van der Waals surface area (Å²) in [6.07, 6.45) is 8.84. The van der Waals surface area contributed by atoms with Gasteiger partial charge in [-0.3, -0.25) is 0 Å². The van der Waals surface area contributed by atoms with Crippen LogP contribution in [0.4, 0.5) is 10.2 Å². The zero-order chi connectivity index (χ0) is 21.4. The molecule has 0 amide bonds. The van der Waals surface area contributed by atoms with Gasteiger partial charge in [0, 0.05) is 11.8 Å². The molecule has 2 aliphatic rings. The van der Waals surface area contributed by atoms with Crippen molar-refractivity contribution < 1.29 is 14.0 Å². The van der Waals surface area contributed by atoms with Gasteiger partial charge < -0.3 is 10.1 Å². The van der Waals surface area contributed by atoms with Crippen LogP contribution in [0.3, 0.4) is 0 Å². The normalized spacial score (nSPS) is 18.6. The maximum absolute atomic E-state index is 13.8. The van der Waals surface area contributed by atoms with E-state index in [0.717, 1.165) is 31.2 Å². The van der Waals surface area contributed by atoms with Gasteiger partial charge in [0.15, 0.2) is 17.2 Å². The molecule has 9 heteroatoms. The van der Waals surface area contributed by atoms with E-state index in [1.54, 1.807) is 23.9 Å². The first-order chi connectivity index (χ1) is 15.1. The smallest absolute Gasteiger partial charge is 0.187 e. The molecular weight excluding hydrogens is 399 g/mol. The average molecular weight is 424 g/mol. The molecule has 1 aliphatic heterocycles. The van der Waals surface area contributed by atoms with Crippen LogP contribution in [-0.2, 0) is 4.84 Å². The highest BCUT2D eigenvalue weighted by Crippen LogP contribution is 2.35. The van der Waals surface area contributed by atoms with Crippen molar-refractivity contribution in [2.75, 3.05) is 12.4 Å². The minimum absolute atomic E-state index is 0.220. The van der Waals surface area contributed by atoms with Crippen molar-refractivity contribution in [3.8, 4) is 5.75 Å². The molecule has 3 heterocycles. The van der Waals surface area contributed by atoms with Crippen molar-refractivity contribution in [3.05, 3.63) is 53.6 Å². The van der Waals surface area contributed by atoms with Crippen molar-refractivity contribution in [3.63, 3.8) is 0 Å². The Kier molecular flexibility index (Phi) is 4.97. The van der Waals surface area contributed by atoms with Gasteiger partial charge in [0.2, 0.25) is 0 Å². The lowest BCUT2D eigenvalue weighted by Gasteiger charge is -2.27. The Labute approximate surface area is 179 Å². The van der Waals surface area contributed by atoms with Crippen LogP contribution in [0.1, 0.15) is 56.2 Å². The molecule has 1 spiro atoms. The van der Waals surface area contributed by atoms with E-state index in [4.69, 9.17) is 19.6 Å². The monoisotopic (exact) mass is 424 g/mol. The summed E-state index contributed by atoms with van der Waals surface area (Å²) in [5.74, 6) is 1.60. The fourth-order valence-corrected chi connectivity index (χ4v) is 4.29. The van der Waals surface area contributed by atoms with Crippen LogP contribution in [0.5, 0.6) is 5.75 Å². The molecule has 1 saturated carbocycles. The Balaban J connectivity index is 1.43. The zero-order valence-electron chi connectivity index (χ0n) is 17.6. The molecule has 1 aliphatic carbocycles. The van der Waals surface area contributed by atoms with E-state index in [9.17, 15) is 4.39 Å². The van der Waals surface area contributed by atoms with Gasteiger partial charge >= 0.3 is 0 Å². The molecule has 0 bridgehead atoms. The van der Waals surface area contributed by atoms with Gasteiger partial charge in [0.1, 0.15) is 17.4 Å². The Morgan fingerprint density at radius 1 is 1.26 bits per heavy atom. The number of hydroxylamine groups is 1. The third-order valence-electron chi connectivity index (χ3n) is 5.93. The fourth-order valence-electron chi connectivity index (χ4n) is 4.29. The summed E-state index contributed by atoms with van der Waals surface area (Å²) in [6, 6.07) is 6.09.